The minimum atomic E-state index is -0.687. The predicted molar refractivity (Wildman–Crippen MR) is 82.3 cm³/mol. The quantitative estimate of drug-likeness (QED) is 0.878. The maximum atomic E-state index is 12.0. The molecule has 0 spiro atoms. The molecule has 1 fully saturated rings. The fraction of sp³-hybridized carbons (Fsp3) is 0.600. The molecule has 2 rings (SSSR count). The van der Waals surface area contributed by atoms with Crippen LogP contribution in [0, 0.1) is 11.8 Å². The summed E-state index contributed by atoms with van der Waals surface area (Å²) in [5, 5.41) is 13.9. The van der Waals surface area contributed by atoms with E-state index in [-0.39, 0.29) is 11.9 Å². The molecule has 2 N–H and O–H groups in total. The molecule has 1 aliphatic rings. The van der Waals surface area contributed by atoms with Gasteiger partial charge in [-0.15, -0.1) is 11.3 Å². The maximum Gasteiger partial charge on any atom is 0.317 e. The minimum Gasteiger partial charge on any atom is -0.481 e. The molecule has 5 nitrogen and oxygen atoms in total. The number of aliphatic carboxylic acids is 1. The molecule has 6 heteroatoms. The average molecular weight is 310 g/mol. The molecule has 0 radical (unpaired) electrons. The van der Waals surface area contributed by atoms with E-state index in [1.54, 1.807) is 23.3 Å². The van der Waals surface area contributed by atoms with Gasteiger partial charge in [0, 0.05) is 18.5 Å². The van der Waals surface area contributed by atoms with E-state index < -0.39 is 5.97 Å². The van der Waals surface area contributed by atoms with Crippen LogP contribution in [0.2, 0.25) is 0 Å². The first-order valence-electron chi connectivity index (χ1n) is 7.30. The lowest BCUT2D eigenvalue weighted by atomic mass is 9.82. The Bertz CT molecular complexity index is 467. The smallest absolute Gasteiger partial charge is 0.317 e. The second-order valence-corrected chi connectivity index (χ2v) is 6.71. The fourth-order valence-electron chi connectivity index (χ4n) is 2.69. The van der Waals surface area contributed by atoms with E-state index >= 15 is 0 Å². The number of rotatable bonds is 5. The van der Waals surface area contributed by atoms with Gasteiger partial charge in [0.2, 0.25) is 0 Å². The summed E-state index contributed by atoms with van der Waals surface area (Å²) in [5.74, 6) is -0.480. The van der Waals surface area contributed by atoms with E-state index in [9.17, 15) is 9.59 Å². The van der Waals surface area contributed by atoms with Crippen LogP contribution in [0.1, 0.15) is 30.6 Å². The normalized spacial score (nSPS) is 21.8. The minimum absolute atomic E-state index is 0.0660. The number of hydrogen-bond donors (Lipinski definition) is 2. The van der Waals surface area contributed by atoms with Crippen molar-refractivity contribution in [2.24, 2.45) is 11.8 Å². The van der Waals surface area contributed by atoms with Gasteiger partial charge in [-0.05, 0) is 43.0 Å². The van der Waals surface area contributed by atoms with Gasteiger partial charge in [0.15, 0.2) is 0 Å². The van der Waals surface area contributed by atoms with Crippen LogP contribution in [0.25, 0.3) is 0 Å². The van der Waals surface area contributed by atoms with Crippen LogP contribution in [-0.2, 0) is 11.3 Å². The molecule has 1 aromatic heterocycles. The van der Waals surface area contributed by atoms with Gasteiger partial charge in [-0.25, -0.2) is 4.79 Å². The number of carboxylic acids is 1. The van der Waals surface area contributed by atoms with Crippen LogP contribution < -0.4 is 5.32 Å². The van der Waals surface area contributed by atoms with Crippen LogP contribution >= 0.6 is 11.3 Å². The number of urea groups is 1. The van der Waals surface area contributed by atoms with Gasteiger partial charge in [-0.2, -0.15) is 0 Å². The summed E-state index contributed by atoms with van der Waals surface area (Å²) in [5.41, 5.74) is 0. The number of carbonyl (C=O) groups excluding carboxylic acids is 1. The monoisotopic (exact) mass is 310 g/mol. The molecule has 21 heavy (non-hydrogen) atoms. The Labute approximate surface area is 129 Å². The van der Waals surface area contributed by atoms with Crippen LogP contribution in [0.3, 0.4) is 0 Å². The van der Waals surface area contributed by atoms with Gasteiger partial charge < -0.3 is 15.3 Å². The molecule has 2 amide bonds. The zero-order valence-corrected chi connectivity index (χ0v) is 13.1. The van der Waals surface area contributed by atoms with Crippen LogP contribution in [0.4, 0.5) is 4.79 Å². The summed E-state index contributed by atoms with van der Waals surface area (Å²) in [4.78, 5) is 25.7. The zero-order chi connectivity index (χ0) is 15.2. The second-order valence-electron chi connectivity index (χ2n) is 5.68. The molecular formula is C15H22N2O3S. The molecular weight excluding hydrogens is 288 g/mol. The van der Waals surface area contributed by atoms with Crippen molar-refractivity contribution in [1.29, 1.82) is 0 Å². The van der Waals surface area contributed by atoms with E-state index in [0.717, 1.165) is 30.6 Å². The van der Waals surface area contributed by atoms with Gasteiger partial charge >= 0.3 is 12.0 Å². The summed E-state index contributed by atoms with van der Waals surface area (Å²) >= 11 is 1.64. The lowest BCUT2D eigenvalue weighted by Crippen LogP contribution is -2.40. The van der Waals surface area contributed by atoms with Crippen molar-refractivity contribution < 1.29 is 14.7 Å². The molecule has 0 aromatic carbocycles. The third kappa shape index (κ3) is 4.74. The number of amides is 2. The van der Waals surface area contributed by atoms with Gasteiger partial charge in [-0.1, -0.05) is 6.07 Å². The first kappa shape index (κ1) is 15.8. The highest BCUT2D eigenvalue weighted by atomic mass is 32.1. The Morgan fingerprint density at radius 1 is 1.38 bits per heavy atom. The lowest BCUT2D eigenvalue weighted by Gasteiger charge is -2.27. The molecule has 0 aliphatic heterocycles. The van der Waals surface area contributed by atoms with E-state index in [0.29, 0.717) is 19.0 Å². The number of nitrogens with one attached hydrogen (secondary N) is 1. The predicted octanol–water partition coefficient (Wildman–Crippen LogP) is 2.78. The van der Waals surface area contributed by atoms with Crippen molar-refractivity contribution in [2.75, 3.05) is 13.6 Å². The van der Waals surface area contributed by atoms with Gasteiger partial charge in [-0.3, -0.25) is 4.79 Å². The number of hydrogen-bond acceptors (Lipinski definition) is 3. The standard InChI is InChI=1S/C15H22N2O3S/c1-17(10-13-3-2-8-21-13)15(20)16-9-11-4-6-12(7-5-11)14(18)19/h2-3,8,11-12H,4-7,9-10H2,1H3,(H,16,20)(H,18,19). The highest BCUT2D eigenvalue weighted by Gasteiger charge is 2.26. The Balaban J connectivity index is 1.68. The highest BCUT2D eigenvalue weighted by molar-refractivity contribution is 7.09. The lowest BCUT2D eigenvalue weighted by molar-refractivity contribution is -0.143. The fourth-order valence-corrected chi connectivity index (χ4v) is 3.45. The first-order chi connectivity index (χ1) is 10.1. The molecule has 116 valence electrons. The largest absolute Gasteiger partial charge is 0.481 e. The highest BCUT2D eigenvalue weighted by Crippen LogP contribution is 2.28. The molecule has 1 saturated carbocycles. The summed E-state index contributed by atoms with van der Waals surface area (Å²) in [6, 6.07) is 3.93. The van der Waals surface area contributed by atoms with E-state index in [1.807, 2.05) is 17.5 Å². The first-order valence-corrected chi connectivity index (χ1v) is 8.18. The Morgan fingerprint density at radius 2 is 2.10 bits per heavy atom. The van der Waals surface area contributed by atoms with E-state index in [4.69, 9.17) is 5.11 Å². The van der Waals surface area contributed by atoms with Crippen molar-refractivity contribution >= 4 is 23.3 Å². The van der Waals surface area contributed by atoms with Gasteiger partial charge in [0.25, 0.3) is 0 Å². The SMILES string of the molecule is CN(Cc1cccs1)C(=O)NCC1CCC(C(=O)O)CC1. The Kier molecular flexibility index (Phi) is 5.61. The van der Waals surface area contributed by atoms with Crippen molar-refractivity contribution in [3.05, 3.63) is 22.4 Å². The molecule has 0 bridgehead atoms. The number of carbonyl (C=O) groups is 2. The average Bonchev–Trinajstić information content (AvgIpc) is 2.98. The number of carboxylic acid groups (broad SMARTS) is 1. The number of thiophene rings is 1. The van der Waals surface area contributed by atoms with Crippen LogP contribution in [0.15, 0.2) is 17.5 Å². The van der Waals surface area contributed by atoms with Crippen LogP contribution in [-0.4, -0.2) is 35.6 Å². The van der Waals surface area contributed by atoms with Gasteiger partial charge in [0.1, 0.15) is 0 Å². The van der Waals surface area contributed by atoms with Crippen LogP contribution in [0.5, 0.6) is 0 Å². The Morgan fingerprint density at radius 3 is 2.67 bits per heavy atom. The second kappa shape index (κ2) is 7.45. The molecule has 0 unspecified atom stereocenters. The van der Waals surface area contributed by atoms with Crippen molar-refractivity contribution in [2.45, 2.75) is 32.2 Å². The van der Waals surface area contributed by atoms with Crippen molar-refractivity contribution in [3.63, 3.8) is 0 Å². The maximum absolute atomic E-state index is 12.0. The summed E-state index contributed by atoms with van der Waals surface area (Å²) < 4.78 is 0. The Hall–Kier alpha value is -1.56. The summed E-state index contributed by atoms with van der Waals surface area (Å²) in [6.45, 7) is 1.26. The zero-order valence-electron chi connectivity index (χ0n) is 12.2. The summed E-state index contributed by atoms with van der Waals surface area (Å²) in [7, 11) is 1.79. The molecule has 1 aliphatic carbocycles. The van der Waals surface area contributed by atoms with E-state index in [1.165, 1.54) is 0 Å². The molecule has 0 atom stereocenters. The van der Waals surface area contributed by atoms with Gasteiger partial charge in [0.05, 0.1) is 12.5 Å². The van der Waals surface area contributed by atoms with Crippen molar-refractivity contribution in [1.82, 2.24) is 10.2 Å². The molecule has 1 heterocycles. The molecule has 0 saturated heterocycles. The number of nitrogens with zero attached hydrogens (tertiary/aromatic N) is 1. The molecule has 1 aromatic rings. The summed E-state index contributed by atoms with van der Waals surface area (Å²) in [6.07, 6.45) is 3.21. The topological polar surface area (TPSA) is 69.6 Å². The third-order valence-corrected chi connectivity index (χ3v) is 4.92. The third-order valence-electron chi connectivity index (χ3n) is 4.06. The van der Waals surface area contributed by atoms with E-state index in [2.05, 4.69) is 5.32 Å². The van der Waals surface area contributed by atoms with Crippen molar-refractivity contribution in [3.8, 4) is 0 Å².